The Bertz CT molecular complexity index is 2080. The number of nitrogens with zero attached hydrogens (tertiary/aromatic N) is 3. The van der Waals surface area contributed by atoms with Gasteiger partial charge in [0.25, 0.3) is 0 Å². The van der Waals surface area contributed by atoms with Gasteiger partial charge in [-0.15, -0.1) is 0 Å². The summed E-state index contributed by atoms with van der Waals surface area (Å²) >= 11 is 12.7. The highest BCUT2D eigenvalue weighted by Crippen LogP contribution is 2.42. The summed E-state index contributed by atoms with van der Waals surface area (Å²) < 4.78 is 28.1. The summed E-state index contributed by atoms with van der Waals surface area (Å²) in [5.41, 5.74) is 6.38. The molecule has 2 aliphatic rings. The Balaban J connectivity index is 0.00000312. The van der Waals surface area contributed by atoms with Crippen LogP contribution in [0.1, 0.15) is 17.0 Å². The third-order valence-corrected chi connectivity index (χ3v) is 8.81. The number of methoxy groups -OCH3 is 1. The Kier molecular flexibility index (Phi) is 7.41. The Morgan fingerprint density at radius 3 is 2.66 bits per heavy atom. The molecule has 2 aliphatic heterocycles. The van der Waals surface area contributed by atoms with E-state index >= 15 is 0 Å². The van der Waals surface area contributed by atoms with Gasteiger partial charge in [0.2, 0.25) is 12.5 Å². The molecule has 10 heteroatoms. The second-order valence-corrected chi connectivity index (χ2v) is 11.5. The molecule has 0 aliphatic carbocycles. The van der Waals surface area contributed by atoms with E-state index in [0.717, 1.165) is 68.9 Å². The van der Waals surface area contributed by atoms with Gasteiger partial charge in [0, 0.05) is 22.5 Å². The van der Waals surface area contributed by atoms with Gasteiger partial charge in [-0.05, 0) is 65.0 Å². The van der Waals surface area contributed by atoms with Crippen molar-refractivity contribution in [3.8, 4) is 34.3 Å². The molecule has 0 atom stereocenters. The number of hydrogen-bond donors (Lipinski definition) is 0. The van der Waals surface area contributed by atoms with E-state index in [1.165, 1.54) is 5.56 Å². The molecule has 0 N–H and O–H groups in total. The van der Waals surface area contributed by atoms with Gasteiger partial charge >= 0.3 is 0 Å². The van der Waals surface area contributed by atoms with Crippen LogP contribution >= 0.6 is 23.2 Å². The van der Waals surface area contributed by atoms with Crippen LogP contribution in [0, 0.1) is 0 Å². The first-order valence-electron chi connectivity index (χ1n) is 14.0. The highest BCUT2D eigenvalue weighted by atomic mass is 35.5. The second-order valence-electron chi connectivity index (χ2n) is 10.7. The SMILES string of the molecule is COc1ccc2cc3[n+](cc2c1OCc1nc2ccccc2n1Cc1ccc(Cl)cc1Cl)CCc1cc2c(cc1-3)OCO2.[Cl-]. The van der Waals surface area contributed by atoms with E-state index in [4.69, 9.17) is 47.1 Å². The summed E-state index contributed by atoms with van der Waals surface area (Å²) in [6.07, 6.45) is 3.05. The van der Waals surface area contributed by atoms with E-state index < -0.39 is 0 Å². The zero-order valence-electron chi connectivity index (χ0n) is 23.6. The molecule has 0 unspecified atom stereocenters. The fourth-order valence-electron chi connectivity index (χ4n) is 6.08. The van der Waals surface area contributed by atoms with Crippen LogP contribution in [-0.4, -0.2) is 23.5 Å². The van der Waals surface area contributed by atoms with Crippen LogP contribution in [0.4, 0.5) is 0 Å². The van der Waals surface area contributed by atoms with Gasteiger partial charge in [-0.3, -0.25) is 0 Å². The van der Waals surface area contributed by atoms with Crippen LogP contribution in [0.2, 0.25) is 10.0 Å². The molecule has 4 heterocycles. The molecule has 0 bridgehead atoms. The van der Waals surface area contributed by atoms with Crippen molar-refractivity contribution in [2.24, 2.45) is 0 Å². The minimum Gasteiger partial charge on any atom is -1.00 e. The van der Waals surface area contributed by atoms with Gasteiger partial charge < -0.3 is 35.9 Å². The molecule has 7 nitrogen and oxygen atoms in total. The molecule has 0 saturated carbocycles. The van der Waals surface area contributed by atoms with Crippen LogP contribution in [-0.2, 0) is 26.1 Å². The van der Waals surface area contributed by atoms with Crippen molar-refractivity contribution in [1.29, 1.82) is 0 Å². The lowest BCUT2D eigenvalue weighted by atomic mass is 9.95. The molecule has 44 heavy (non-hydrogen) atoms. The predicted octanol–water partition coefficient (Wildman–Crippen LogP) is 4.38. The number of aryl methyl sites for hydroxylation is 2. The standard InChI is InChI=1S/C34H26Cl2N3O4.ClH/c1-40-30-9-7-20-12-29-24-15-32-31(42-19-43-32)13-21(24)10-11-38(29)17-25(20)34(30)41-18-33-37-27-4-2-3-5-28(27)39(33)16-22-6-8-23(35)14-26(22)36;/h2-9,12-15,17H,10-11,16,18-19H2,1H3;1H/q+1;/p-1. The molecular formula is C34H26Cl3N3O4. The maximum absolute atomic E-state index is 6.59. The molecule has 2 aromatic heterocycles. The first-order chi connectivity index (χ1) is 21.1. The summed E-state index contributed by atoms with van der Waals surface area (Å²) in [4.78, 5) is 4.93. The average molecular weight is 647 g/mol. The van der Waals surface area contributed by atoms with Crippen molar-refractivity contribution in [2.75, 3.05) is 13.9 Å². The van der Waals surface area contributed by atoms with E-state index in [1.54, 1.807) is 13.2 Å². The Labute approximate surface area is 269 Å². The third kappa shape index (κ3) is 4.85. The number of halogens is 3. The lowest BCUT2D eigenvalue weighted by Crippen LogP contribution is -3.00. The number of aromatic nitrogens is 3. The molecule has 4 aromatic carbocycles. The lowest BCUT2D eigenvalue weighted by Gasteiger charge is -2.18. The summed E-state index contributed by atoms with van der Waals surface area (Å²) in [6.45, 7) is 1.87. The topological polar surface area (TPSA) is 58.6 Å². The van der Waals surface area contributed by atoms with Gasteiger partial charge in [-0.2, -0.15) is 4.57 Å². The Morgan fingerprint density at radius 2 is 1.82 bits per heavy atom. The minimum atomic E-state index is 0. The summed E-state index contributed by atoms with van der Waals surface area (Å²) in [7, 11) is 1.66. The van der Waals surface area contributed by atoms with Crippen LogP contribution in [0.15, 0.2) is 79.0 Å². The van der Waals surface area contributed by atoms with Gasteiger partial charge in [-0.1, -0.05) is 41.4 Å². The molecule has 0 radical (unpaired) electrons. The number of imidazole rings is 1. The van der Waals surface area contributed by atoms with Crippen LogP contribution in [0.3, 0.4) is 0 Å². The molecular weight excluding hydrogens is 621 g/mol. The van der Waals surface area contributed by atoms with Gasteiger partial charge in [0.15, 0.2) is 35.7 Å². The normalized spacial score (nSPS) is 13.0. The third-order valence-electron chi connectivity index (χ3n) is 8.22. The Morgan fingerprint density at radius 1 is 0.977 bits per heavy atom. The lowest BCUT2D eigenvalue weighted by molar-refractivity contribution is -0.686. The van der Waals surface area contributed by atoms with Crippen molar-refractivity contribution >= 4 is 45.0 Å². The second kappa shape index (κ2) is 11.4. The molecule has 0 amide bonds. The highest BCUT2D eigenvalue weighted by molar-refractivity contribution is 6.35. The van der Waals surface area contributed by atoms with Crippen LogP contribution in [0.25, 0.3) is 33.1 Å². The largest absolute Gasteiger partial charge is 1.00 e. The Hall–Kier alpha value is -4.17. The average Bonchev–Trinajstić information content (AvgIpc) is 3.63. The minimum absolute atomic E-state index is 0. The fraction of sp³-hybridized carbons (Fsp3) is 0.176. The van der Waals surface area contributed by atoms with E-state index in [-0.39, 0.29) is 25.8 Å². The number of pyridine rings is 1. The monoisotopic (exact) mass is 645 g/mol. The van der Waals surface area contributed by atoms with Crippen LogP contribution in [0.5, 0.6) is 23.0 Å². The van der Waals surface area contributed by atoms with Crippen LogP contribution < -0.4 is 35.9 Å². The highest BCUT2D eigenvalue weighted by Gasteiger charge is 2.29. The quantitative estimate of drug-likeness (QED) is 0.252. The smallest absolute Gasteiger partial charge is 0.231 e. The number of para-hydroxylation sites is 2. The number of ether oxygens (including phenoxy) is 4. The first-order valence-corrected chi connectivity index (χ1v) is 14.8. The zero-order valence-corrected chi connectivity index (χ0v) is 25.9. The van der Waals surface area contributed by atoms with E-state index in [2.05, 4.69) is 45.7 Å². The van der Waals surface area contributed by atoms with Crippen molar-refractivity contribution in [3.63, 3.8) is 0 Å². The molecule has 0 saturated heterocycles. The maximum atomic E-state index is 6.59. The number of benzene rings is 4. The molecule has 0 fully saturated rings. The predicted molar refractivity (Wildman–Crippen MR) is 166 cm³/mol. The number of fused-ring (bicyclic) bond motifs is 6. The molecule has 0 spiro atoms. The first kappa shape index (κ1) is 28.6. The van der Waals surface area contributed by atoms with Crippen molar-refractivity contribution in [2.45, 2.75) is 26.1 Å². The van der Waals surface area contributed by atoms with E-state index in [9.17, 15) is 0 Å². The van der Waals surface area contributed by atoms with Crippen molar-refractivity contribution in [3.05, 3.63) is 106 Å². The summed E-state index contributed by atoms with van der Waals surface area (Å²) in [6, 6.07) is 24.0. The van der Waals surface area contributed by atoms with Crippen molar-refractivity contribution < 1.29 is 35.9 Å². The molecule has 8 rings (SSSR count). The van der Waals surface area contributed by atoms with E-state index in [1.807, 2.05) is 36.4 Å². The molecule has 6 aromatic rings. The zero-order chi connectivity index (χ0) is 29.1. The van der Waals surface area contributed by atoms with Gasteiger partial charge in [-0.25, -0.2) is 4.98 Å². The van der Waals surface area contributed by atoms with Crippen molar-refractivity contribution in [1.82, 2.24) is 9.55 Å². The van der Waals surface area contributed by atoms with Gasteiger partial charge in [0.05, 0.1) is 35.6 Å². The van der Waals surface area contributed by atoms with Gasteiger partial charge in [0.1, 0.15) is 12.4 Å². The maximum Gasteiger partial charge on any atom is 0.231 e. The van der Waals surface area contributed by atoms with E-state index in [0.29, 0.717) is 28.1 Å². The molecule has 222 valence electrons. The number of rotatable bonds is 6. The summed E-state index contributed by atoms with van der Waals surface area (Å²) in [5.74, 6) is 3.72. The summed E-state index contributed by atoms with van der Waals surface area (Å²) in [5, 5.41) is 3.23. The number of hydrogen-bond acceptors (Lipinski definition) is 5. The fourth-order valence-corrected chi connectivity index (χ4v) is 6.54.